The van der Waals surface area contributed by atoms with Crippen LogP contribution in [0.2, 0.25) is 0 Å². The van der Waals surface area contributed by atoms with E-state index in [0.29, 0.717) is 6.04 Å². The van der Waals surface area contributed by atoms with Gasteiger partial charge >= 0.3 is 0 Å². The minimum absolute atomic E-state index is 0.418. The van der Waals surface area contributed by atoms with Gasteiger partial charge in [-0.2, -0.15) is 5.10 Å². The molecule has 1 aromatic heterocycles. The van der Waals surface area contributed by atoms with Crippen LogP contribution in [-0.4, -0.2) is 16.8 Å². The number of rotatable bonds is 3. The lowest BCUT2D eigenvalue weighted by molar-refractivity contribution is 0.178. The molecule has 3 nitrogen and oxygen atoms in total. The van der Waals surface area contributed by atoms with Crippen LogP contribution in [0.3, 0.4) is 0 Å². The predicted molar refractivity (Wildman–Crippen MR) is 70.7 cm³/mol. The lowest BCUT2D eigenvalue weighted by Crippen LogP contribution is -2.31. The average molecular weight is 235 g/mol. The van der Waals surface area contributed by atoms with E-state index < -0.39 is 0 Å². The summed E-state index contributed by atoms with van der Waals surface area (Å²) < 4.78 is 1.90. The Balaban J connectivity index is 2.12. The summed E-state index contributed by atoms with van der Waals surface area (Å²) in [5.41, 5.74) is 1.20. The summed E-state index contributed by atoms with van der Waals surface area (Å²) in [6, 6.07) is 2.56. The van der Waals surface area contributed by atoms with Crippen molar-refractivity contribution in [2.75, 3.05) is 7.05 Å². The molecule has 1 saturated carbocycles. The highest BCUT2D eigenvalue weighted by Crippen LogP contribution is 2.39. The first-order chi connectivity index (χ1) is 8.10. The van der Waals surface area contributed by atoms with E-state index in [-0.39, 0.29) is 0 Å². The molecule has 1 fully saturated rings. The average Bonchev–Trinajstić information content (AvgIpc) is 2.64. The van der Waals surface area contributed by atoms with Crippen molar-refractivity contribution in [3.63, 3.8) is 0 Å². The number of hydrogen-bond acceptors (Lipinski definition) is 2. The molecule has 3 atom stereocenters. The molecule has 0 aliphatic heterocycles. The Labute approximate surface area is 105 Å². The maximum absolute atomic E-state index is 4.56. The molecule has 0 spiro atoms. The molecule has 1 aliphatic carbocycles. The molecule has 1 aliphatic rings. The number of nitrogens with one attached hydrogen (secondary N) is 1. The Morgan fingerprint density at radius 1 is 1.29 bits per heavy atom. The molecule has 0 amide bonds. The summed E-state index contributed by atoms with van der Waals surface area (Å²) in [5, 5.41) is 8.03. The summed E-state index contributed by atoms with van der Waals surface area (Å²) in [6.45, 7) is 4.77. The van der Waals surface area contributed by atoms with Gasteiger partial charge in [0, 0.05) is 13.2 Å². The van der Waals surface area contributed by atoms with E-state index in [2.05, 4.69) is 37.4 Å². The minimum atomic E-state index is 0.418. The Bertz CT molecular complexity index is 348. The minimum Gasteiger partial charge on any atom is -0.311 e. The standard InChI is InChI=1S/C14H25N3/c1-10-7-11(2)9-12(8-10)14(15-3)13-5-6-17(4)16-13/h5-6,10-12,14-15H,7-9H2,1-4H3. The second-order valence-corrected chi connectivity index (χ2v) is 5.86. The Kier molecular flexibility index (Phi) is 3.87. The second kappa shape index (κ2) is 5.21. The van der Waals surface area contributed by atoms with Crippen LogP contribution in [0.1, 0.15) is 44.8 Å². The van der Waals surface area contributed by atoms with E-state index >= 15 is 0 Å². The van der Waals surface area contributed by atoms with Crippen molar-refractivity contribution in [1.82, 2.24) is 15.1 Å². The van der Waals surface area contributed by atoms with Crippen molar-refractivity contribution < 1.29 is 0 Å². The van der Waals surface area contributed by atoms with Crippen LogP contribution in [0.15, 0.2) is 12.3 Å². The highest BCUT2D eigenvalue weighted by atomic mass is 15.3. The monoisotopic (exact) mass is 235 g/mol. The van der Waals surface area contributed by atoms with E-state index in [1.54, 1.807) is 0 Å². The van der Waals surface area contributed by atoms with Crippen molar-refractivity contribution in [3.05, 3.63) is 18.0 Å². The predicted octanol–water partition coefficient (Wildman–Crippen LogP) is 2.75. The van der Waals surface area contributed by atoms with Crippen molar-refractivity contribution in [1.29, 1.82) is 0 Å². The maximum atomic E-state index is 4.56. The Morgan fingerprint density at radius 3 is 2.41 bits per heavy atom. The van der Waals surface area contributed by atoms with Crippen molar-refractivity contribution in [2.24, 2.45) is 24.8 Å². The molecule has 96 valence electrons. The van der Waals surface area contributed by atoms with Crippen LogP contribution in [0.4, 0.5) is 0 Å². The largest absolute Gasteiger partial charge is 0.311 e. The van der Waals surface area contributed by atoms with Crippen LogP contribution in [-0.2, 0) is 7.05 Å². The lowest BCUT2D eigenvalue weighted by Gasteiger charge is -2.35. The first-order valence-corrected chi connectivity index (χ1v) is 6.77. The Morgan fingerprint density at radius 2 is 1.94 bits per heavy atom. The van der Waals surface area contributed by atoms with Crippen LogP contribution in [0, 0.1) is 17.8 Å². The lowest BCUT2D eigenvalue weighted by atomic mass is 9.73. The summed E-state index contributed by atoms with van der Waals surface area (Å²) in [6.07, 6.45) is 6.07. The van der Waals surface area contributed by atoms with E-state index in [9.17, 15) is 0 Å². The molecule has 3 heteroatoms. The van der Waals surface area contributed by atoms with Gasteiger partial charge in [-0.3, -0.25) is 4.68 Å². The van der Waals surface area contributed by atoms with Crippen LogP contribution < -0.4 is 5.32 Å². The molecular formula is C14H25N3. The van der Waals surface area contributed by atoms with Crippen molar-refractivity contribution in [3.8, 4) is 0 Å². The van der Waals surface area contributed by atoms with Crippen molar-refractivity contribution >= 4 is 0 Å². The molecule has 0 saturated heterocycles. The van der Waals surface area contributed by atoms with Gasteiger partial charge in [0.1, 0.15) is 0 Å². The highest BCUT2D eigenvalue weighted by molar-refractivity contribution is 5.07. The maximum Gasteiger partial charge on any atom is 0.0796 e. The third-order valence-electron chi connectivity index (χ3n) is 4.05. The van der Waals surface area contributed by atoms with Gasteiger partial charge < -0.3 is 5.32 Å². The van der Waals surface area contributed by atoms with Crippen LogP contribution in [0.5, 0.6) is 0 Å². The molecule has 2 rings (SSSR count). The fourth-order valence-electron chi connectivity index (χ4n) is 3.51. The van der Waals surface area contributed by atoms with Gasteiger partial charge in [-0.15, -0.1) is 0 Å². The van der Waals surface area contributed by atoms with Crippen molar-refractivity contribution in [2.45, 2.75) is 39.2 Å². The smallest absolute Gasteiger partial charge is 0.0796 e. The third-order valence-corrected chi connectivity index (χ3v) is 4.05. The van der Waals surface area contributed by atoms with Gasteiger partial charge in [0.25, 0.3) is 0 Å². The molecule has 0 aromatic carbocycles. The van der Waals surface area contributed by atoms with Crippen LogP contribution >= 0.6 is 0 Å². The first kappa shape index (κ1) is 12.6. The van der Waals surface area contributed by atoms with Gasteiger partial charge in [0.05, 0.1) is 11.7 Å². The number of aryl methyl sites for hydroxylation is 1. The zero-order valence-corrected chi connectivity index (χ0v) is 11.5. The third kappa shape index (κ3) is 2.89. The fraction of sp³-hybridized carbons (Fsp3) is 0.786. The number of nitrogens with zero attached hydrogens (tertiary/aromatic N) is 2. The molecular weight excluding hydrogens is 210 g/mol. The second-order valence-electron chi connectivity index (χ2n) is 5.86. The van der Waals surface area contributed by atoms with E-state index in [0.717, 1.165) is 17.8 Å². The summed E-state index contributed by atoms with van der Waals surface area (Å²) in [7, 11) is 4.05. The fourth-order valence-corrected chi connectivity index (χ4v) is 3.51. The van der Waals surface area contributed by atoms with Gasteiger partial charge in [-0.1, -0.05) is 13.8 Å². The van der Waals surface area contributed by atoms with E-state index in [1.165, 1.54) is 25.0 Å². The number of hydrogen-bond donors (Lipinski definition) is 1. The van der Waals surface area contributed by atoms with E-state index in [1.807, 2.05) is 17.9 Å². The topological polar surface area (TPSA) is 29.9 Å². The van der Waals surface area contributed by atoms with Gasteiger partial charge in [0.15, 0.2) is 0 Å². The van der Waals surface area contributed by atoms with Crippen LogP contribution in [0.25, 0.3) is 0 Å². The summed E-state index contributed by atoms with van der Waals surface area (Å²) in [5.74, 6) is 2.43. The quantitative estimate of drug-likeness (QED) is 0.873. The zero-order valence-electron chi connectivity index (χ0n) is 11.5. The van der Waals surface area contributed by atoms with E-state index in [4.69, 9.17) is 0 Å². The molecule has 3 unspecified atom stereocenters. The molecule has 1 N–H and O–H groups in total. The molecule has 0 bridgehead atoms. The molecule has 17 heavy (non-hydrogen) atoms. The van der Waals surface area contributed by atoms with Gasteiger partial charge in [0.2, 0.25) is 0 Å². The Hall–Kier alpha value is -0.830. The number of aromatic nitrogens is 2. The highest BCUT2D eigenvalue weighted by Gasteiger charge is 2.31. The SMILES string of the molecule is CNC(c1ccn(C)n1)C1CC(C)CC(C)C1. The van der Waals surface area contributed by atoms with Gasteiger partial charge in [-0.05, 0) is 50.1 Å². The normalized spacial score (nSPS) is 31.4. The summed E-state index contributed by atoms with van der Waals surface area (Å²) in [4.78, 5) is 0. The molecule has 1 aromatic rings. The summed E-state index contributed by atoms with van der Waals surface area (Å²) >= 11 is 0. The molecule has 1 heterocycles. The molecule has 0 radical (unpaired) electrons. The first-order valence-electron chi connectivity index (χ1n) is 6.77. The van der Waals surface area contributed by atoms with Gasteiger partial charge in [-0.25, -0.2) is 0 Å². The zero-order chi connectivity index (χ0) is 12.4.